The van der Waals surface area contributed by atoms with Gasteiger partial charge in [0.25, 0.3) is 0 Å². The molecule has 2 rings (SSSR count). The van der Waals surface area contributed by atoms with Crippen LogP contribution in [0, 0.1) is 0 Å². The molecule has 1 aromatic carbocycles. The van der Waals surface area contributed by atoms with Crippen LogP contribution in [0.2, 0.25) is 0 Å². The molecular formula is C11H13N3O3. The van der Waals surface area contributed by atoms with E-state index >= 15 is 0 Å². The van der Waals surface area contributed by atoms with Gasteiger partial charge in [0.2, 0.25) is 11.8 Å². The van der Waals surface area contributed by atoms with E-state index in [1.165, 1.54) is 0 Å². The molecule has 2 aromatic rings. The molecule has 0 saturated heterocycles. The first-order valence-corrected chi connectivity index (χ1v) is 5.02. The fraction of sp³-hybridized carbons (Fsp3) is 0.273. The quantitative estimate of drug-likeness (QED) is 0.857. The molecule has 0 radical (unpaired) electrons. The normalized spacial score (nSPS) is 10.3. The number of hydrogen-bond acceptors (Lipinski definition) is 6. The van der Waals surface area contributed by atoms with Gasteiger partial charge in [-0.15, -0.1) is 10.2 Å². The molecule has 6 heteroatoms. The summed E-state index contributed by atoms with van der Waals surface area (Å²) in [5, 5.41) is 7.70. The first-order valence-electron chi connectivity index (χ1n) is 5.02. The molecule has 0 unspecified atom stereocenters. The molecule has 0 aliphatic carbocycles. The molecule has 0 atom stereocenters. The van der Waals surface area contributed by atoms with Gasteiger partial charge in [0.05, 0.1) is 20.8 Å². The van der Waals surface area contributed by atoms with E-state index in [4.69, 9.17) is 19.6 Å². The van der Waals surface area contributed by atoms with Crippen LogP contribution in [0.4, 0.5) is 0 Å². The lowest BCUT2D eigenvalue weighted by Crippen LogP contribution is -1.95. The third kappa shape index (κ3) is 2.36. The maximum Gasteiger partial charge on any atom is 0.248 e. The van der Waals surface area contributed by atoms with E-state index in [2.05, 4.69) is 10.2 Å². The summed E-state index contributed by atoms with van der Waals surface area (Å²) in [6.45, 7) is 0.216. The zero-order chi connectivity index (χ0) is 12.3. The molecule has 17 heavy (non-hydrogen) atoms. The summed E-state index contributed by atoms with van der Waals surface area (Å²) in [5.41, 5.74) is 6.14. The third-order valence-electron chi connectivity index (χ3n) is 2.24. The molecule has 1 aromatic heterocycles. The van der Waals surface area contributed by atoms with Crippen molar-refractivity contribution in [3.05, 3.63) is 24.1 Å². The summed E-state index contributed by atoms with van der Waals surface area (Å²) in [4.78, 5) is 0. The van der Waals surface area contributed by atoms with Crippen LogP contribution >= 0.6 is 0 Å². The van der Waals surface area contributed by atoms with E-state index < -0.39 is 0 Å². The van der Waals surface area contributed by atoms with Crippen molar-refractivity contribution in [3.8, 4) is 23.0 Å². The van der Waals surface area contributed by atoms with Crippen molar-refractivity contribution in [1.29, 1.82) is 0 Å². The average Bonchev–Trinajstić information content (AvgIpc) is 2.86. The highest BCUT2D eigenvalue weighted by molar-refractivity contribution is 5.59. The van der Waals surface area contributed by atoms with Crippen LogP contribution < -0.4 is 15.2 Å². The van der Waals surface area contributed by atoms with Crippen LogP contribution in [0.3, 0.4) is 0 Å². The molecule has 90 valence electrons. The van der Waals surface area contributed by atoms with Crippen LogP contribution in [0.5, 0.6) is 11.5 Å². The summed E-state index contributed by atoms with van der Waals surface area (Å²) in [6, 6.07) is 5.34. The fourth-order valence-corrected chi connectivity index (χ4v) is 1.38. The minimum Gasteiger partial charge on any atom is -0.497 e. The minimum atomic E-state index is 0.216. The lowest BCUT2D eigenvalue weighted by molar-refractivity contribution is 0.394. The second-order valence-electron chi connectivity index (χ2n) is 3.31. The summed E-state index contributed by atoms with van der Waals surface area (Å²) < 4.78 is 15.7. The van der Waals surface area contributed by atoms with Gasteiger partial charge >= 0.3 is 0 Å². The number of rotatable bonds is 4. The van der Waals surface area contributed by atoms with Crippen molar-refractivity contribution in [3.63, 3.8) is 0 Å². The molecule has 0 amide bonds. The van der Waals surface area contributed by atoms with Crippen LogP contribution in [-0.2, 0) is 6.54 Å². The Hall–Kier alpha value is -2.08. The van der Waals surface area contributed by atoms with Crippen LogP contribution in [0.25, 0.3) is 11.5 Å². The topological polar surface area (TPSA) is 83.4 Å². The lowest BCUT2D eigenvalue weighted by Gasteiger charge is -2.05. The van der Waals surface area contributed by atoms with Gasteiger partial charge in [0, 0.05) is 11.6 Å². The van der Waals surface area contributed by atoms with Crippen molar-refractivity contribution >= 4 is 0 Å². The van der Waals surface area contributed by atoms with Gasteiger partial charge in [-0.2, -0.15) is 0 Å². The number of methoxy groups -OCH3 is 2. The molecular weight excluding hydrogens is 222 g/mol. The summed E-state index contributed by atoms with van der Waals surface area (Å²) >= 11 is 0. The third-order valence-corrected chi connectivity index (χ3v) is 2.24. The van der Waals surface area contributed by atoms with Gasteiger partial charge < -0.3 is 19.6 Å². The zero-order valence-electron chi connectivity index (χ0n) is 9.64. The van der Waals surface area contributed by atoms with Gasteiger partial charge in [0.1, 0.15) is 11.5 Å². The molecule has 6 nitrogen and oxygen atoms in total. The Balaban J connectivity index is 2.43. The first kappa shape index (κ1) is 11.4. The van der Waals surface area contributed by atoms with Crippen LogP contribution in [0.1, 0.15) is 5.89 Å². The second kappa shape index (κ2) is 4.84. The highest BCUT2D eigenvalue weighted by Crippen LogP contribution is 2.28. The highest BCUT2D eigenvalue weighted by Gasteiger charge is 2.10. The Labute approximate surface area is 98.4 Å². The maximum absolute atomic E-state index is 5.41. The Morgan fingerprint density at radius 1 is 1.12 bits per heavy atom. The maximum atomic E-state index is 5.41. The molecule has 2 N–H and O–H groups in total. The van der Waals surface area contributed by atoms with Crippen LogP contribution in [0.15, 0.2) is 22.6 Å². The van der Waals surface area contributed by atoms with Gasteiger partial charge in [-0.1, -0.05) is 0 Å². The van der Waals surface area contributed by atoms with Crippen molar-refractivity contribution < 1.29 is 13.9 Å². The summed E-state index contributed by atoms with van der Waals surface area (Å²) in [7, 11) is 3.16. The van der Waals surface area contributed by atoms with E-state index in [0.29, 0.717) is 23.3 Å². The number of hydrogen-bond donors (Lipinski definition) is 1. The summed E-state index contributed by atoms with van der Waals surface area (Å²) in [6.07, 6.45) is 0. The number of nitrogens with two attached hydrogens (primary N) is 1. The average molecular weight is 235 g/mol. The number of ether oxygens (including phenoxy) is 2. The van der Waals surface area contributed by atoms with Crippen molar-refractivity contribution in [2.24, 2.45) is 5.73 Å². The van der Waals surface area contributed by atoms with Gasteiger partial charge in [-0.25, -0.2) is 0 Å². The summed E-state index contributed by atoms with van der Waals surface area (Å²) in [5.74, 6) is 2.10. The first-order chi connectivity index (χ1) is 8.26. The SMILES string of the molecule is COc1cc(OC)cc(-c2nnc(CN)o2)c1. The Morgan fingerprint density at radius 2 is 1.76 bits per heavy atom. The predicted octanol–water partition coefficient (Wildman–Crippen LogP) is 1.21. The standard InChI is InChI=1S/C11H13N3O3/c1-15-8-3-7(4-9(5-8)16-2)11-14-13-10(6-12)17-11/h3-5H,6,12H2,1-2H3. The van der Waals surface area contributed by atoms with Gasteiger partial charge in [-0.05, 0) is 12.1 Å². The van der Waals surface area contributed by atoms with Crippen molar-refractivity contribution in [1.82, 2.24) is 10.2 Å². The highest BCUT2D eigenvalue weighted by atomic mass is 16.5. The van der Waals surface area contributed by atoms with E-state index in [0.717, 1.165) is 5.56 Å². The van der Waals surface area contributed by atoms with Gasteiger partial charge in [0.15, 0.2) is 0 Å². The van der Waals surface area contributed by atoms with Crippen molar-refractivity contribution in [2.75, 3.05) is 14.2 Å². The largest absolute Gasteiger partial charge is 0.497 e. The van der Waals surface area contributed by atoms with E-state index in [1.54, 1.807) is 32.4 Å². The molecule has 0 spiro atoms. The monoisotopic (exact) mass is 235 g/mol. The zero-order valence-corrected chi connectivity index (χ0v) is 9.64. The molecule has 0 saturated carbocycles. The van der Waals surface area contributed by atoms with Crippen LogP contribution in [-0.4, -0.2) is 24.4 Å². The number of aromatic nitrogens is 2. The Morgan fingerprint density at radius 3 is 2.24 bits per heavy atom. The van der Waals surface area contributed by atoms with E-state index in [-0.39, 0.29) is 6.54 Å². The predicted molar refractivity (Wildman–Crippen MR) is 60.7 cm³/mol. The minimum absolute atomic E-state index is 0.216. The molecule has 0 aliphatic rings. The van der Waals surface area contributed by atoms with Crippen molar-refractivity contribution in [2.45, 2.75) is 6.54 Å². The smallest absolute Gasteiger partial charge is 0.248 e. The molecule has 0 aliphatic heterocycles. The van der Waals surface area contributed by atoms with E-state index in [1.807, 2.05) is 0 Å². The Bertz CT molecular complexity index is 488. The van der Waals surface area contributed by atoms with Gasteiger partial charge in [-0.3, -0.25) is 0 Å². The Kier molecular flexibility index (Phi) is 3.24. The number of benzene rings is 1. The fourth-order valence-electron chi connectivity index (χ4n) is 1.38. The van der Waals surface area contributed by atoms with E-state index in [9.17, 15) is 0 Å². The second-order valence-corrected chi connectivity index (χ2v) is 3.31. The number of nitrogens with zero attached hydrogens (tertiary/aromatic N) is 2. The lowest BCUT2D eigenvalue weighted by atomic mass is 10.2. The molecule has 0 bridgehead atoms. The molecule has 0 fully saturated rings. The molecule has 1 heterocycles.